The molecule has 0 aromatic heterocycles. The van der Waals surface area contributed by atoms with Crippen molar-refractivity contribution in [3.05, 3.63) is 23.8 Å². The summed E-state index contributed by atoms with van der Waals surface area (Å²) < 4.78 is 10.0. The monoisotopic (exact) mass is 250 g/mol. The first kappa shape index (κ1) is 12.7. The summed E-state index contributed by atoms with van der Waals surface area (Å²) in [5, 5.41) is 0. The normalized spacial score (nSPS) is 19.0. The second-order valence-electron chi connectivity index (χ2n) is 4.36. The van der Waals surface area contributed by atoms with Crippen LogP contribution < -0.4 is 10.6 Å². The summed E-state index contributed by atoms with van der Waals surface area (Å²) >= 11 is 0. The lowest BCUT2D eigenvalue weighted by atomic mass is 10.1. The summed E-state index contributed by atoms with van der Waals surface area (Å²) in [4.78, 5) is 13.8. The van der Waals surface area contributed by atoms with Crippen molar-refractivity contribution in [2.45, 2.75) is 12.5 Å². The van der Waals surface area contributed by atoms with Crippen LogP contribution in [0.15, 0.2) is 18.2 Å². The predicted octanol–water partition coefficient (Wildman–Crippen LogP) is 1.28. The zero-order valence-corrected chi connectivity index (χ0v) is 10.7. The molecule has 18 heavy (non-hydrogen) atoms. The topological polar surface area (TPSA) is 64.8 Å². The molecule has 1 unspecified atom stereocenters. The molecule has 1 aromatic carbocycles. The summed E-state index contributed by atoms with van der Waals surface area (Å²) in [5.41, 5.74) is 7.60. The largest absolute Gasteiger partial charge is 0.465 e. The van der Waals surface area contributed by atoms with Gasteiger partial charge in [-0.25, -0.2) is 4.79 Å². The van der Waals surface area contributed by atoms with Gasteiger partial charge in [-0.05, 0) is 24.6 Å². The van der Waals surface area contributed by atoms with Crippen LogP contribution in [0, 0.1) is 0 Å². The van der Waals surface area contributed by atoms with Gasteiger partial charge >= 0.3 is 5.97 Å². The molecule has 98 valence electrons. The average Bonchev–Trinajstić information content (AvgIpc) is 2.87. The average molecular weight is 250 g/mol. The van der Waals surface area contributed by atoms with E-state index in [-0.39, 0.29) is 6.10 Å². The van der Waals surface area contributed by atoms with E-state index in [1.807, 2.05) is 6.07 Å². The lowest BCUT2D eigenvalue weighted by molar-refractivity contribution is 0.0602. The number of esters is 1. The van der Waals surface area contributed by atoms with Crippen molar-refractivity contribution in [2.24, 2.45) is 0 Å². The molecule has 1 aliphatic heterocycles. The maximum atomic E-state index is 11.6. The lowest BCUT2D eigenvalue weighted by Gasteiger charge is -2.19. The molecule has 2 rings (SSSR count). The number of hydrogen-bond donors (Lipinski definition) is 1. The zero-order valence-electron chi connectivity index (χ0n) is 10.7. The second kappa shape index (κ2) is 5.27. The maximum absolute atomic E-state index is 11.6. The maximum Gasteiger partial charge on any atom is 0.340 e. The molecular formula is C13H18N2O3. The van der Waals surface area contributed by atoms with Gasteiger partial charge in [0.2, 0.25) is 0 Å². The predicted molar refractivity (Wildman–Crippen MR) is 69.8 cm³/mol. The fourth-order valence-corrected chi connectivity index (χ4v) is 2.18. The van der Waals surface area contributed by atoms with Crippen LogP contribution in [0.1, 0.15) is 16.8 Å². The Morgan fingerprint density at radius 3 is 2.83 bits per heavy atom. The highest BCUT2D eigenvalue weighted by Gasteiger charge is 2.23. The third kappa shape index (κ3) is 2.41. The highest BCUT2D eigenvalue weighted by molar-refractivity contribution is 5.96. The third-order valence-corrected chi connectivity index (χ3v) is 3.29. The number of benzene rings is 1. The number of anilines is 2. The Balaban J connectivity index is 2.22. The number of nitrogens with two attached hydrogens (primary N) is 1. The van der Waals surface area contributed by atoms with E-state index in [9.17, 15) is 4.79 Å². The summed E-state index contributed by atoms with van der Waals surface area (Å²) in [6.45, 7) is 1.75. The van der Waals surface area contributed by atoms with E-state index in [2.05, 4.69) is 4.90 Å². The molecule has 1 aromatic rings. The number of ether oxygens (including phenoxy) is 2. The molecule has 1 heterocycles. The van der Waals surface area contributed by atoms with Crippen molar-refractivity contribution in [3.8, 4) is 0 Å². The van der Waals surface area contributed by atoms with E-state index < -0.39 is 5.97 Å². The van der Waals surface area contributed by atoms with Gasteiger partial charge in [-0.15, -0.1) is 0 Å². The molecule has 2 N–H and O–H groups in total. The molecule has 0 amide bonds. The second-order valence-corrected chi connectivity index (χ2v) is 4.36. The Bertz CT molecular complexity index is 448. The molecule has 0 aliphatic carbocycles. The van der Waals surface area contributed by atoms with Crippen molar-refractivity contribution in [2.75, 3.05) is 37.9 Å². The molecule has 1 saturated heterocycles. The van der Waals surface area contributed by atoms with E-state index in [0.717, 1.165) is 25.2 Å². The zero-order chi connectivity index (χ0) is 13.1. The molecule has 0 bridgehead atoms. The number of carbonyl (C=O) groups is 1. The Hall–Kier alpha value is -1.75. The van der Waals surface area contributed by atoms with Crippen LogP contribution in [-0.2, 0) is 9.47 Å². The number of rotatable bonds is 3. The highest BCUT2D eigenvalue weighted by Crippen LogP contribution is 2.25. The molecule has 0 radical (unpaired) electrons. The lowest BCUT2D eigenvalue weighted by Crippen LogP contribution is -2.22. The van der Waals surface area contributed by atoms with Gasteiger partial charge in [-0.3, -0.25) is 0 Å². The van der Waals surface area contributed by atoms with Gasteiger partial charge in [0, 0.05) is 31.6 Å². The number of methoxy groups -OCH3 is 2. The highest BCUT2D eigenvalue weighted by atomic mass is 16.5. The van der Waals surface area contributed by atoms with Crippen LogP contribution in [0.25, 0.3) is 0 Å². The molecule has 0 saturated carbocycles. The van der Waals surface area contributed by atoms with Gasteiger partial charge in [0.15, 0.2) is 0 Å². The molecule has 0 spiro atoms. The smallest absolute Gasteiger partial charge is 0.340 e. The minimum atomic E-state index is -0.406. The Morgan fingerprint density at radius 2 is 2.22 bits per heavy atom. The molecule has 1 aliphatic rings. The molecule has 5 nitrogen and oxygen atoms in total. The van der Waals surface area contributed by atoms with Gasteiger partial charge < -0.3 is 20.1 Å². The van der Waals surface area contributed by atoms with E-state index >= 15 is 0 Å². The summed E-state index contributed by atoms with van der Waals surface area (Å²) in [6, 6.07) is 5.43. The summed E-state index contributed by atoms with van der Waals surface area (Å²) in [5.74, 6) is -0.406. The van der Waals surface area contributed by atoms with Crippen molar-refractivity contribution in [1.82, 2.24) is 0 Å². The van der Waals surface area contributed by atoms with Crippen LogP contribution in [-0.4, -0.2) is 39.4 Å². The number of nitrogen functional groups attached to an aromatic ring is 1. The van der Waals surface area contributed by atoms with Crippen LogP contribution in [0.4, 0.5) is 11.4 Å². The van der Waals surface area contributed by atoms with Gasteiger partial charge in [-0.2, -0.15) is 0 Å². The molecular weight excluding hydrogens is 232 g/mol. The van der Waals surface area contributed by atoms with Crippen LogP contribution in [0.3, 0.4) is 0 Å². The van der Waals surface area contributed by atoms with Gasteiger partial charge in [0.25, 0.3) is 0 Å². The first-order valence-electron chi connectivity index (χ1n) is 5.91. The van der Waals surface area contributed by atoms with E-state index in [4.69, 9.17) is 15.2 Å². The van der Waals surface area contributed by atoms with Crippen LogP contribution >= 0.6 is 0 Å². The molecule has 5 heteroatoms. The quantitative estimate of drug-likeness (QED) is 0.646. The van der Waals surface area contributed by atoms with Gasteiger partial charge in [-0.1, -0.05) is 0 Å². The minimum absolute atomic E-state index is 0.254. The van der Waals surface area contributed by atoms with Gasteiger partial charge in [0.05, 0.1) is 18.8 Å². The fraction of sp³-hybridized carbons (Fsp3) is 0.462. The fourth-order valence-electron chi connectivity index (χ4n) is 2.18. The number of hydrogen-bond acceptors (Lipinski definition) is 5. The standard InChI is InChI=1S/C13H18N2O3/c1-17-10-5-6-15(8-10)9-3-4-12(14)11(7-9)13(16)18-2/h3-4,7,10H,5-6,8,14H2,1-2H3. The number of nitrogens with zero attached hydrogens (tertiary/aromatic N) is 1. The van der Waals surface area contributed by atoms with Crippen molar-refractivity contribution < 1.29 is 14.3 Å². The Morgan fingerprint density at radius 1 is 1.44 bits per heavy atom. The third-order valence-electron chi connectivity index (χ3n) is 3.29. The van der Waals surface area contributed by atoms with E-state index in [1.165, 1.54) is 7.11 Å². The Labute approximate surface area is 106 Å². The van der Waals surface area contributed by atoms with Crippen molar-refractivity contribution in [1.29, 1.82) is 0 Å². The first-order chi connectivity index (χ1) is 8.65. The van der Waals surface area contributed by atoms with Crippen LogP contribution in [0.2, 0.25) is 0 Å². The minimum Gasteiger partial charge on any atom is -0.465 e. The van der Waals surface area contributed by atoms with Gasteiger partial charge in [0.1, 0.15) is 0 Å². The molecule has 1 atom stereocenters. The van der Waals surface area contributed by atoms with Crippen molar-refractivity contribution >= 4 is 17.3 Å². The van der Waals surface area contributed by atoms with Crippen molar-refractivity contribution in [3.63, 3.8) is 0 Å². The summed E-state index contributed by atoms with van der Waals surface area (Å²) in [7, 11) is 3.07. The Kier molecular flexibility index (Phi) is 3.72. The molecule has 1 fully saturated rings. The number of carbonyl (C=O) groups excluding carboxylic acids is 1. The SMILES string of the molecule is COC(=O)c1cc(N2CCC(OC)C2)ccc1N. The van der Waals surface area contributed by atoms with E-state index in [1.54, 1.807) is 19.2 Å². The van der Waals surface area contributed by atoms with Crippen LogP contribution in [0.5, 0.6) is 0 Å². The summed E-state index contributed by atoms with van der Waals surface area (Å²) in [6.07, 6.45) is 1.25. The van der Waals surface area contributed by atoms with E-state index in [0.29, 0.717) is 11.3 Å². The first-order valence-corrected chi connectivity index (χ1v) is 5.91.